The zero-order valence-electron chi connectivity index (χ0n) is 19.5. The molecule has 4 aliphatic heterocycles. The van der Waals surface area contributed by atoms with Crippen LogP contribution in [-0.4, -0.2) is 85.5 Å². The Hall–Kier alpha value is -2.44. The van der Waals surface area contributed by atoms with Gasteiger partial charge in [0, 0.05) is 40.7 Å². The van der Waals surface area contributed by atoms with Gasteiger partial charge in [0.1, 0.15) is 6.04 Å². The minimum atomic E-state index is -1.37. The van der Waals surface area contributed by atoms with Gasteiger partial charge in [0.05, 0.1) is 49.4 Å². The summed E-state index contributed by atoms with van der Waals surface area (Å²) in [6.07, 6.45) is 4.25. The monoisotopic (exact) mass is 490 g/mol. The number of nitrogens with one attached hydrogen (secondary N) is 1. The highest BCUT2D eigenvalue weighted by atomic mass is 32.2. The number of nitrogens with zero attached hydrogens (tertiary/aromatic N) is 5. The molecule has 184 valence electrons. The Morgan fingerprint density at radius 1 is 1.41 bits per heavy atom. The van der Waals surface area contributed by atoms with Crippen molar-refractivity contribution in [2.75, 3.05) is 19.6 Å². The highest BCUT2D eigenvalue weighted by Gasteiger charge is 2.59. The molecule has 5 rings (SSSR count). The van der Waals surface area contributed by atoms with Crippen molar-refractivity contribution < 1.29 is 29.2 Å². The van der Waals surface area contributed by atoms with Crippen LogP contribution in [0.3, 0.4) is 0 Å². The Labute approximate surface area is 201 Å². The number of fused-ring (bicyclic) bond motifs is 1. The fourth-order valence-electron chi connectivity index (χ4n) is 5.78. The lowest BCUT2D eigenvalue weighted by molar-refractivity contribution is -0.672. The smallest absolute Gasteiger partial charge is 0.264 e. The molecule has 4 aliphatic rings. The molecule has 2 N–H and O–H groups in total. The van der Waals surface area contributed by atoms with Crippen molar-refractivity contribution in [3.8, 4) is 0 Å². The Bertz CT molecular complexity index is 1060. The molecule has 0 aliphatic carbocycles. The van der Waals surface area contributed by atoms with Crippen LogP contribution in [0.25, 0.3) is 0 Å². The van der Waals surface area contributed by atoms with E-state index in [4.69, 9.17) is 0 Å². The van der Waals surface area contributed by atoms with Crippen LogP contribution in [0, 0.1) is 11.8 Å². The largest absolute Gasteiger partial charge is 0.543 e. The number of hydrogen-bond donors (Lipinski definition) is 2. The summed E-state index contributed by atoms with van der Waals surface area (Å²) in [6.45, 7) is 5.32. The number of rotatable bonds is 6. The number of carbonyl (C=O) groups is 3. The second kappa shape index (κ2) is 8.65. The van der Waals surface area contributed by atoms with Gasteiger partial charge in [0.15, 0.2) is 0 Å². The van der Waals surface area contributed by atoms with Crippen LogP contribution in [0.5, 0.6) is 0 Å². The minimum Gasteiger partial charge on any atom is -0.543 e. The van der Waals surface area contributed by atoms with Crippen molar-refractivity contribution in [3.63, 3.8) is 0 Å². The number of carboxylic acids is 1. The number of thioether (sulfide) groups is 1. The van der Waals surface area contributed by atoms with Crippen LogP contribution in [0.4, 0.5) is 0 Å². The molecular formula is C22H30N6O5S. The standard InChI is InChI=1S/C22H30N6O5S/c1-11-17-16(12(2)29)21(31)28(17)18(22(32)33)19(11)34-14-6-15(23-7-14)20(30)26-5-4-13(8-26)27-10-25(3)9-24-27/h9-17,23,29H,4-8H2,1-3H3/t11?,12?,13?,14?,15?,16?,17-/m1/s1. The van der Waals surface area contributed by atoms with Crippen molar-refractivity contribution >= 4 is 29.5 Å². The third kappa shape index (κ3) is 3.72. The lowest BCUT2D eigenvalue weighted by Gasteiger charge is -2.47. The number of aliphatic hydroxyl groups excluding tert-OH is 1. The lowest BCUT2D eigenvalue weighted by atomic mass is 9.79. The molecule has 0 saturated carbocycles. The number of carbonyl (C=O) groups excluding carboxylic acids is 3. The molecule has 0 bridgehead atoms. The fraction of sp³-hybridized carbons (Fsp3) is 0.682. The number of hydrogen-bond acceptors (Lipinski definition) is 8. The summed E-state index contributed by atoms with van der Waals surface area (Å²) in [5.41, 5.74) is -0.0750. The van der Waals surface area contributed by atoms with Crippen molar-refractivity contribution in [2.24, 2.45) is 18.9 Å². The van der Waals surface area contributed by atoms with Gasteiger partial charge >= 0.3 is 0 Å². The van der Waals surface area contributed by atoms with E-state index in [0.717, 1.165) is 6.42 Å². The van der Waals surface area contributed by atoms with Gasteiger partial charge in [-0.15, -0.1) is 16.4 Å². The second-order valence-corrected chi connectivity index (χ2v) is 11.2. The van der Waals surface area contributed by atoms with Crippen LogP contribution in [-0.2, 0) is 21.4 Å². The van der Waals surface area contributed by atoms with Crippen LogP contribution in [0.1, 0.15) is 32.7 Å². The number of aliphatic carboxylic acids is 1. The van der Waals surface area contributed by atoms with Gasteiger partial charge in [-0.3, -0.25) is 9.59 Å². The second-order valence-electron chi connectivity index (χ2n) is 9.81. The maximum Gasteiger partial charge on any atom is 0.264 e. The number of carboxylic acid groups (broad SMARTS) is 1. The summed E-state index contributed by atoms with van der Waals surface area (Å²) in [5, 5.41) is 29.6. The molecule has 0 radical (unpaired) electrons. The summed E-state index contributed by atoms with van der Waals surface area (Å²) in [7, 11) is 1.91. The zero-order valence-corrected chi connectivity index (χ0v) is 20.3. The Kier molecular flexibility index (Phi) is 5.93. The number of likely N-dealkylation sites (tertiary alicyclic amines) is 1. The van der Waals surface area contributed by atoms with E-state index in [1.807, 2.05) is 34.4 Å². The summed E-state index contributed by atoms with van der Waals surface area (Å²) in [6, 6.07) is -0.520. The lowest BCUT2D eigenvalue weighted by Crippen LogP contribution is -2.64. The Morgan fingerprint density at radius 2 is 2.18 bits per heavy atom. The SMILES string of the molecule is CC(O)C1C(=O)N2C(C(=O)[O-])=C(SC3CNC(C(=O)N4CCC(n5c[n+](C)cn5)C4)C3)C(C)[C@H]12. The number of amides is 2. The van der Waals surface area contributed by atoms with Gasteiger partial charge in [-0.1, -0.05) is 6.92 Å². The van der Waals surface area contributed by atoms with Gasteiger partial charge in [0.2, 0.25) is 18.1 Å². The normalized spacial score (nSPS) is 33.9. The molecule has 0 aromatic carbocycles. The van der Waals surface area contributed by atoms with E-state index in [2.05, 4.69) is 10.4 Å². The number of aromatic nitrogens is 3. The maximum atomic E-state index is 13.1. The van der Waals surface area contributed by atoms with Crippen LogP contribution >= 0.6 is 11.8 Å². The molecule has 12 heteroatoms. The molecule has 5 heterocycles. The minimum absolute atomic E-state index is 0.00289. The summed E-state index contributed by atoms with van der Waals surface area (Å²) >= 11 is 1.42. The molecule has 3 saturated heterocycles. The van der Waals surface area contributed by atoms with Crippen LogP contribution < -0.4 is 15.0 Å². The third-order valence-corrected chi connectivity index (χ3v) is 9.01. The van der Waals surface area contributed by atoms with Gasteiger partial charge in [-0.2, -0.15) is 0 Å². The van der Waals surface area contributed by atoms with E-state index >= 15 is 0 Å². The Morgan fingerprint density at radius 3 is 2.82 bits per heavy atom. The number of aryl methyl sites for hydroxylation is 1. The van der Waals surface area contributed by atoms with Crippen molar-refractivity contribution in [1.29, 1.82) is 0 Å². The van der Waals surface area contributed by atoms with E-state index in [1.54, 1.807) is 13.3 Å². The van der Waals surface area contributed by atoms with Gasteiger partial charge in [0.25, 0.3) is 6.33 Å². The van der Waals surface area contributed by atoms with Gasteiger partial charge in [-0.25, -0.2) is 4.57 Å². The molecule has 34 heavy (non-hydrogen) atoms. The topological polar surface area (TPSA) is 135 Å². The van der Waals surface area contributed by atoms with E-state index in [-0.39, 0.29) is 46.8 Å². The first-order chi connectivity index (χ1) is 16.2. The van der Waals surface area contributed by atoms with Gasteiger partial charge < -0.3 is 30.1 Å². The van der Waals surface area contributed by atoms with Crippen molar-refractivity contribution in [2.45, 2.75) is 56.2 Å². The van der Waals surface area contributed by atoms with Crippen molar-refractivity contribution in [3.05, 3.63) is 23.3 Å². The zero-order chi connectivity index (χ0) is 24.3. The van der Waals surface area contributed by atoms with E-state index < -0.39 is 18.0 Å². The van der Waals surface area contributed by atoms with Crippen molar-refractivity contribution in [1.82, 2.24) is 24.9 Å². The first kappa shape index (κ1) is 23.3. The van der Waals surface area contributed by atoms with E-state index in [1.165, 1.54) is 16.7 Å². The molecule has 3 fully saturated rings. The first-order valence-corrected chi connectivity index (χ1v) is 12.6. The van der Waals surface area contributed by atoms with E-state index in [0.29, 0.717) is 31.0 Å². The quantitative estimate of drug-likeness (QED) is 0.338. The van der Waals surface area contributed by atoms with E-state index in [9.17, 15) is 24.6 Å². The summed E-state index contributed by atoms with van der Waals surface area (Å²) in [4.78, 5) is 41.3. The molecule has 0 spiro atoms. The molecule has 7 atom stereocenters. The highest BCUT2D eigenvalue weighted by Crippen LogP contribution is 2.51. The molecular weight excluding hydrogens is 460 g/mol. The molecule has 11 nitrogen and oxygen atoms in total. The predicted molar refractivity (Wildman–Crippen MR) is 118 cm³/mol. The number of β-lactam (4-membered cyclic amide) rings is 1. The molecule has 2 amide bonds. The average molecular weight is 491 g/mol. The fourth-order valence-corrected chi connectivity index (χ4v) is 7.26. The highest BCUT2D eigenvalue weighted by molar-refractivity contribution is 8.03. The van der Waals surface area contributed by atoms with Gasteiger partial charge in [-0.05, 0) is 13.3 Å². The predicted octanol–water partition coefficient (Wildman–Crippen LogP) is -2.24. The maximum absolute atomic E-state index is 13.1. The van der Waals surface area contributed by atoms with Crippen LogP contribution in [0.15, 0.2) is 23.3 Å². The molecule has 1 aromatic heterocycles. The first-order valence-electron chi connectivity index (χ1n) is 11.7. The summed E-state index contributed by atoms with van der Waals surface area (Å²) < 4.78 is 3.78. The average Bonchev–Trinajstić information content (AvgIpc) is 3.55. The molecule has 1 aromatic rings. The van der Waals surface area contributed by atoms with Crippen LogP contribution in [0.2, 0.25) is 0 Å². The molecule has 6 unspecified atom stereocenters. The number of aliphatic hydroxyl groups is 1. The third-order valence-electron chi connectivity index (χ3n) is 7.50. The summed E-state index contributed by atoms with van der Waals surface area (Å²) in [5.74, 6) is -2.49. The Balaban J connectivity index is 1.23.